The number of para-hydroxylation sites is 1. The third-order valence-electron chi connectivity index (χ3n) is 5.57. The van der Waals surface area contributed by atoms with E-state index in [-0.39, 0.29) is 24.4 Å². The van der Waals surface area contributed by atoms with Crippen LogP contribution in [0.25, 0.3) is 5.69 Å². The Bertz CT molecular complexity index is 801. The van der Waals surface area contributed by atoms with E-state index in [9.17, 15) is 4.79 Å². The molecule has 1 saturated heterocycles. The van der Waals surface area contributed by atoms with Crippen LogP contribution in [0.2, 0.25) is 0 Å². The smallest absolute Gasteiger partial charge is 0.272 e. The second-order valence-corrected chi connectivity index (χ2v) is 7.29. The fraction of sp³-hybridized carbons (Fsp3) is 0.500. The fourth-order valence-electron chi connectivity index (χ4n) is 4.10. The Morgan fingerprint density at radius 1 is 1.27 bits per heavy atom. The van der Waals surface area contributed by atoms with Gasteiger partial charge in [-0.15, -0.1) is 12.4 Å². The lowest BCUT2D eigenvalue weighted by molar-refractivity contribution is 0.0913. The fourth-order valence-corrected chi connectivity index (χ4v) is 4.10. The highest BCUT2D eigenvalue weighted by molar-refractivity contribution is 5.94. The third-order valence-corrected chi connectivity index (χ3v) is 5.57. The van der Waals surface area contributed by atoms with Crippen molar-refractivity contribution in [2.24, 2.45) is 0 Å². The van der Waals surface area contributed by atoms with Crippen LogP contribution in [0.3, 0.4) is 0 Å². The maximum atomic E-state index is 12.9. The molecule has 1 aromatic carbocycles. The standard InChI is InChI=1S/C20H26N4O.ClH/c1-13-7-3-4-10-17(13)24-18-11-5-8-15(18)19(23-24)20(25)22-16-9-6-12-21-14(16)2;/h3-4,7,10,14,16,21H,5-6,8-9,11-12H2,1-2H3,(H,22,25);1H. The first-order valence-electron chi connectivity index (χ1n) is 9.36. The summed E-state index contributed by atoms with van der Waals surface area (Å²) in [5, 5.41) is 11.4. The predicted molar refractivity (Wildman–Crippen MR) is 106 cm³/mol. The second kappa shape index (κ2) is 7.80. The van der Waals surface area contributed by atoms with Crippen molar-refractivity contribution in [1.82, 2.24) is 20.4 Å². The van der Waals surface area contributed by atoms with Gasteiger partial charge < -0.3 is 10.6 Å². The van der Waals surface area contributed by atoms with Gasteiger partial charge in [0.25, 0.3) is 5.91 Å². The molecule has 2 aromatic rings. The van der Waals surface area contributed by atoms with Crippen molar-refractivity contribution in [2.45, 2.75) is 58.0 Å². The van der Waals surface area contributed by atoms with Crippen molar-refractivity contribution >= 4 is 18.3 Å². The van der Waals surface area contributed by atoms with Gasteiger partial charge in [-0.2, -0.15) is 5.10 Å². The number of halogens is 1. The summed E-state index contributed by atoms with van der Waals surface area (Å²) in [6.45, 7) is 5.26. The Morgan fingerprint density at radius 2 is 2.08 bits per heavy atom. The number of hydrogen-bond donors (Lipinski definition) is 2. The number of carbonyl (C=O) groups is 1. The SMILES string of the molecule is Cc1ccccc1-n1nc(C(=O)NC2CCCNC2C)c2c1CCC2.Cl. The van der Waals surface area contributed by atoms with Gasteiger partial charge in [-0.1, -0.05) is 18.2 Å². The summed E-state index contributed by atoms with van der Waals surface area (Å²) in [6.07, 6.45) is 5.17. The lowest BCUT2D eigenvalue weighted by atomic mass is 9.99. The molecule has 5 nitrogen and oxygen atoms in total. The largest absolute Gasteiger partial charge is 0.346 e. The predicted octanol–water partition coefficient (Wildman–Crippen LogP) is 2.96. The van der Waals surface area contributed by atoms with E-state index in [2.05, 4.69) is 36.6 Å². The quantitative estimate of drug-likeness (QED) is 0.868. The van der Waals surface area contributed by atoms with Gasteiger partial charge in [0.05, 0.1) is 5.69 Å². The van der Waals surface area contributed by atoms with Crippen LogP contribution in [0.1, 0.15) is 53.5 Å². The van der Waals surface area contributed by atoms with Gasteiger partial charge in [-0.3, -0.25) is 4.79 Å². The Labute approximate surface area is 161 Å². The van der Waals surface area contributed by atoms with Gasteiger partial charge in [-0.25, -0.2) is 4.68 Å². The van der Waals surface area contributed by atoms with Crippen LogP contribution in [0, 0.1) is 6.92 Å². The molecule has 140 valence electrons. The van der Waals surface area contributed by atoms with E-state index in [0.717, 1.165) is 49.9 Å². The minimum atomic E-state index is -0.0222. The zero-order valence-electron chi connectivity index (χ0n) is 15.4. The summed E-state index contributed by atoms with van der Waals surface area (Å²) >= 11 is 0. The van der Waals surface area contributed by atoms with E-state index >= 15 is 0 Å². The Morgan fingerprint density at radius 3 is 2.85 bits per heavy atom. The maximum absolute atomic E-state index is 12.9. The number of rotatable bonds is 3. The first kappa shape index (κ1) is 18.9. The van der Waals surface area contributed by atoms with Crippen LogP contribution in [0.5, 0.6) is 0 Å². The van der Waals surface area contributed by atoms with Crippen molar-refractivity contribution in [2.75, 3.05) is 6.54 Å². The number of aryl methyl sites for hydroxylation is 1. The van der Waals surface area contributed by atoms with Crippen LogP contribution < -0.4 is 10.6 Å². The molecule has 26 heavy (non-hydrogen) atoms. The molecule has 2 atom stereocenters. The molecule has 2 aliphatic rings. The van der Waals surface area contributed by atoms with Crippen LogP contribution >= 0.6 is 12.4 Å². The first-order valence-corrected chi connectivity index (χ1v) is 9.36. The summed E-state index contributed by atoms with van der Waals surface area (Å²) in [5.41, 5.74) is 5.21. The highest BCUT2D eigenvalue weighted by atomic mass is 35.5. The molecule has 0 spiro atoms. The van der Waals surface area contributed by atoms with Crippen LogP contribution in [-0.4, -0.2) is 34.3 Å². The van der Waals surface area contributed by atoms with E-state index in [1.54, 1.807) is 0 Å². The van der Waals surface area contributed by atoms with Crippen LogP contribution in [0.15, 0.2) is 24.3 Å². The number of benzene rings is 1. The van der Waals surface area contributed by atoms with E-state index in [0.29, 0.717) is 11.7 Å². The summed E-state index contributed by atoms with van der Waals surface area (Å²) in [4.78, 5) is 12.9. The molecule has 6 heteroatoms. The first-order chi connectivity index (χ1) is 12.1. The minimum Gasteiger partial charge on any atom is -0.346 e. The van der Waals surface area contributed by atoms with Gasteiger partial charge in [-0.05, 0) is 64.1 Å². The molecule has 1 aromatic heterocycles. The lowest BCUT2D eigenvalue weighted by Gasteiger charge is -2.30. The molecule has 1 amide bonds. The van der Waals surface area contributed by atoms with E-state index in [4.69, 9.17) is 5.10 Å². The monoisotopic (exact) mass is 374 g/mol. The molecule has 0 radical (unpaired) electrons. The number of piperidine rings is 1. The molecular weight excluding hydrogens is 348 g/mol. The van der Waals surface area contributed by atoms with Crippen LogP contribution in [-0.2, 0) is 12.8 Å². The van der Waals surface area contributed by atoms with Gasteiger partial charge in [0.15, 0.2) is 5.69 Å². The number of aromatic nitrogens is 2. The number of nitrogens with zero attached hydrogens (tertiary/aromatic N) is 2. The second-order valence-electron chi connectivity index (χ2n) is 7.29. The van der Waals surface area contributed by atoms with Crippen molar-refractivity contribution in [3.05, 3.63) is 46.8 Å². The molecular formula is C20H27ClN4O. The molecule has 2 heterocycles. The Kier molecular flexibility index (Phi) is 5.68. The average molecular weight is 375 g/mol. The zero-order valence-corrected chi connectivity index (χ0v) is 16.2. The number of amides is 1. The summed E-state index contributed by atoms with van der Waals surface area (Å²) in [6, 6.07) is 8.73. The molecule has 4 rings (SSSR count). The van der Waals surface area contributed by atoms with Gasteiger partial charge in [0.2, 0.25) is 0 Å². The van der Waals surface area contributed by atoms with Crippen molar-refractivity contribution in [1.29, 1.82) is 0 Å². The van der Waals surface area contributed by atoms with Crippen molar-refractivity contribution in [3.63, 3.8) is 0 Å². The molecule has 1 aliphatic carbocycles. The minimum absolute atomic E-state index is 0. The highest BCUT2D eigenvalue weighted by Crippen LogP contribution is 2.29. The summed E-state index contributed by atoms with van der Waals surface area (Å²) in [5.74, 6) is -0.0222. The third kappa shape index (κ3) is 3.38. The molecule has 0 saturated carbocycles. The maximum Gasteiger partial charge on any atom is 0.272 e. The Balaban J connectivity index is 0.00000196. The normalized spacial score (nSPS) is 21.8. The molecule has 1 aliphatic heterocycles. The highest BCUT2D eigenvalue weighted by Gasteiger charge is 2.30. The van der Waals surface area contributed by atoms with E-state index in [1.165, 1.54) is 11.3 Å². The average Bonchev–Trinajstić information content (AvgIpc) is 3.20. The number of hydrogen-bond acceptors (Lipinski definition) is 3. The van der Waals surface area contributed by atoms with Gasteiger partial charge >= 0.3 is 0 Å². The lowest BCUT2D eigenvalue weighted by Crippen LogP contribution is -2.52. The summed E-state index contributed by atoms with van der Waals surface area (Å²) < 4.78 is 2.00. The topological polar surface area (TPSA) is 59.0 Å². The van der Waals surface area contributed by atoms with Gasteiger partial charge in [0, 0.05) is 23.3 Å². The molecule has 2 unspecified atom stereocenters. The van der Waals surface area contributed by atoms with Crippen LogP contribution in [0.4, 0.5) is 0 Å². The number of fused-ring (bicyclic) bond motifs is 1. The number of carbonyl (C=O) groups excluding carboxylic acids is 1. The zero-order chi connectivity index (χ0) is 17.4. The molecule has 1 fully saturated rings. The molecule has 2 N–H and O–H groups in total. The van der Waals surface area contributed by atoms with E-state index in [1.807, 2.05) is 16.8 Å². The molecule has 0 bridgehead atoms. The van der Waals surface area contributed by atoms with Gasteiger partial charge in [0.1, 0.15) is 0 Å². The number of nitrogens with one attached hydrogen (secondary N) is 2. The Hall–Kier alpha value is -1.85. The van der Waals surface area contributed by atoms with Crippen molar-refractivity contribution < 1.29 is 4.79 Å². The van der Waals surface area contributed by atoms with E-state index < -0.39 is 0 Å². The summed E-state index contributed by atoms with van der Waals surface area (Å²) in [7, 11) is 0. The van der Waals surface area contributed by atoms with Crippen molar-refractivity contribution in [3.8, 4) is 5.69 Å².